The molecular formula is C14H20BrNO4S. The lowest BCUT2D eigenvalue weighted by Gasteiger charge is -2.18. The van der Waals surface area contributed by atoms with Crippen molar-refractivity contribution in [3.05, 3.63) is 22.7 Å². The van der Waals surface area contributed by atoms with Crippen LogP contribution in [0.25, 0.3) is 0 Å². The van der Waals surface area contributed by atoms with Crippen molar-refractivity contribution >= 4 is 31.9 Å². The summed E-state index contributed by atoms with van der Waals surface area (Å²) in [5.74, 6) is -0.318. The summed E-state index contributed by atoms with van der Waals surface area (Å²) in [4.78, 5) is 11.8. The van der Waals surface area contributed by atoms with Crippen molar-refractivity contribution in [2.75, 3.05) is 6.61 Å². The highest BCUT2D eigenvalue weighted by Crippen LogP contribution is 2.28. The molecular weight excluding hydrogens is 358 g/mol. The number of nitrogens with one attached hydrogen (secondary N) is 1. The molecule has 1 N–H and O–H groups in total. The average molecular weight is 378 g/mol. The average Bonchev–Trinajstić information content (AvgIpc) is 2.28. The van der Waals surface area contributed by atoms with Gasteiger partial charge >= 0.3 is 0 Å². The lowest BCUT2D eigenvalue weighted by atomic mass is 9.92. The molecule has 0 heterocycles. The van der Waals surface area contributed by atoms with Gasteiger partial charge in [0.2, 0.25) is 5.91 Å². The van der Waals surface area contributed by atoms with Gasteiger partial charge in [-0.2, -0.15) is 0 Å². The standard InChI is InChI=1S/C14H20BrNO4S/c1-5-20-11-7-6-10(15)8-12(11)21(18,19)16-13(17)9-14(2,3)4/h6-8H,5,9H2,1-4H3,(H,16,17). The van der Waals surface area contributed by atoms with Gasteiger partial charge in [-0.1, -0.05) is 36.7 Å². The minimum atomic E-state index is -3.96. The van der Waals surface area contributed by atoms with E-state index in [9.17, 15) is 13.2 Å². The summed E-state index contributed by atoms with van der Waals surface area (Å²) < 4.78 is 32.7. The van der Waals surface area contributed by atoms with Crippen molar-refractivity contribution in [1.82, 2.24) is 4.72 Å². The number of rotatable bonds is 5. The van der Waals surface area contributed by atoms with Gasteiger partial charge in [0.15, 0.2) is 0 Å². The zero-order valence-corrected chi connectivity index (χ0v) is 15.0. The summed E-state index contributed by atoms with van der Waals surface area (Å²) >= 11 is 3.22. The van der Waals surface area contributed by atoms with E-state index in [2.05, 4.69) is 20.7 Å². The molecule has 0 aliphatic carbocycles. The number of carbonyl (C=O) groups is 1. The molecule has 0 atom stereocenters. The second kappa shape index (κ2) is 6.79. The fourth-order valence-electron chi connectivity index (χ4n) is 1.69. The number of benzene rings is 1. The van der Waals surface area contributed by atoms with E-state index in [4.69, 9.17) is 4.74 Å². The van der Waals surface area contributed by atoms with Gasteiger partial charge in [-0.25, -0.2) is 13.1 Å². The minimum absolute atomic E-state index is 0.0546. The molecule has 0 bridgehead atoms. The van der Waals surface area contributed by atoms with Crippen molar-refractivity contribution in [3.8, 4) is 5.75 Å². The summed E-state index contributed by atoms with van der Waals surface area (Å²) in [6, 6.07) is 4.65. The summed E-state index contributed by atoms with van der Waals surface area (Å²) in [7, 11) is -3.96. The van der Waals surface area contributed by atoms with Crippen LogP contribution in [0.15, 0.2) is 27.6 Å². The van der Waals surface area contributed by atoms with Crippen LogP contribution >= 0.6 is 15.9 Å². The molecule has 118 valence electrons. The Morgan fingerprint density at radius 1 is 1.33 bits per heavy atom. The van der Waals surface area contributed by atoms with E-state index in [-0.39, 0.29) is 22.5 Å². The maximum Gasteiger partial charge on any atom is 0.267 e. The van der Waals surface area contributed by atoms with Crippen molar-refractivity contribution in [1.29, 1.82) is 0 Å². The van der Waals surface area contributed by atoms with Crippen molar-refractivity contribution in [3.63, 3.8) is 0 Å². The number of amides is 1. The van der Waals surface area contributed by atoms with Crippen LogP contribution in [-0.4, -0.2) is 20.9 Å². The first kappa shape index (κ1) is 18.0. The van der Waals surface area contributed by atoms with E-state index >= 15 is 0 Å². The maximum absolute atomic E-state index is 12.3. The molecule has 1 amide bonds. The highest BCUT2D eigenvalue weighted by atomic mass is 79.9. The molecule has 0 spiro atoms. The minimum Gasteiger partial charge on any atom is -0.492 e. The van der Waals surface area contributed by atoms with Crippen LogP contribution in [0.3, 0.4) is 0 Å². The Kier molecular flexibility index (Phi) is 5.81. The zero-order valence-electron chi connectivity index (χ0n) is 12.6. The largest absolute Gasteiger partial charge is 0.492 e. The van der Waals surface area contributed by atoms with Crippen molar-refractivity contribution in [2.24, 2.45) is 5.41 Å². The number of halogens is 1. The predicted molar refractivity (Wildman–Crippen MR) is 84.7 cm³/mol. The van der Waals surface area contributed by atoms with Gasteiger partial charge in [0.1, 0.15) is 10.6 Å². The molecule has 1 aromatic carbocycles. The van der Waals surface area contributed by atoms with Gasteiger partial charge in [0.05, 0.1) is 6.61 Å². The molecule has 0 aliphatic rings. The second-order valence-corrected chi connectivity index (χ2v) is 8.36. The van der Waals surface area contributed by atoms with Gasteiger partial charge in [-0.15, -0.1) is 0 Å². The van der Waals surface area contributed by atoms with Crippen LogP contribution in [0.1, 0.15) is 34.1 Å². The molecule has 7 heteroatoms. The molecule has 5 nitrogen and oxygen atoms in total. The van der Waals surface area contributed by atoms with E-state index < -0.39 is 15.9 Å². The predicted octanol–water partition coefficient (Wildman–Crippen LogP) is 3.09. The summed E-state index contributed by atoms with van der Waals surface area (Å²) in [5, 5.41) is 0. The molecule has 21 heavy (non-hydrogen) atoms. The quantitative estimate of drug-likeness (QED) is 0.855. The normalized spacial score (nSPS) is 12.0. The second-order valence-electron chi connectivity index (χ2n) is 5.79. The smallest absolute Gasteiger partial charge is 0.267 e. The molecule has 1 rings (SSSR count). The SMILES string of the molecule is CCOc1ccc(Br)cc1S(=O)(=O)NC(=O)CC(C)(C)C. The summed E-state index contributed by atoms with van der Waals surface area (Å²) in [6.07, 6.45) is 0.115. The lowest BCUT2D eigenvalue weighted by Crippen LogP contribution is -2.33. The number of hydrogen-bond donors (Lipinski definition) is 1. The Hall–Kier alpha value is -1.08. The Balaban J connectivity index is 3.08. The highest BCUT2D eigenvalue weighted by Gasteiger charge is 2.25. The number of carbonyl (C=O) groups excluding carboxylic acids is 1. The molecule has 0 aromatic heterocycles. The third kappa shape index (κ3) is 5.67. The van der Waals surface area contributed by atoms with E-state index in [1.807, 2.05) is 20.8 Å². The van der Waals surface area contributed by atoms with Gasteiger partial charge < -0.3 is 4.74 Å². The van der Waals surface area contributed by atoms with Gasteiger partial charge in [0.25, 0.3) is 10.0 Å². The first-order valence-corrected chi connectivity index (χ1v) is 8.81. The number of hydrogen-bond acceptors (Lipinski definition) is 4. The van der Waals surface area contributed by atoms with E-state index in [0.717, 1.165) is 0 Å². The van der Waals surface area contributed by atoms with E-state index in [1.54, 1.807) is 19.1 Å². The summed E-state index contributed by atoms with van der Waals surface area (Å²) in [5.41, 5.74) is -0.292. The third-order valence-electron chi connectivity index (χ3n) is 2.43. The zero-order chi connectivity index (χ0) is 16.3. The van der Waals surface area contributed by atoms with Gasteiger partial charge in [-0.3, -0.25) is 4.79 Å². The lowest BCUT2D eigenvalue weighted by molar-refractivity contribution is -0.121. The van der Waals surface area contributed by atoms with Crippen LogP contribution < -0.4 is 9.46 Å². The first-order valence-electron chi connectivity index (χ1n) is 6.53. The Bertz CT molecular complexity index is 620. The summed E-state index contributed by atoms with van der Waals surface area (Å²) in [6.45, 7) is 7.69. The van der Waals surface area contributed by atoms with Crippen molar-refractivity contribution < 1.29 is 17.9 Å². The fraction of sp³-hybridized carbons (Fsp3) is 0.500. The van der Waals surface area contributed by atoms with E-state index in [0.29, 0.717) is 11.1 Å². The van der Waals surface area contributed by atoms with Crippen molar-refractivity contribution in [2.45, 2.75) is 39.0 Å². The van der Waals surface area contributed by atoms with Crippen LogP contribution in [0, 0.1) is 5.41 Å². The molecule has 0 fully saturated rings. The third-order valence-corrected chi connectivity index (χ3v) is 4.32. The topological polar surface area (TPSA) is 72.5 Å². The Labute approximate surface area is 134 Å². The molecule has 0 radical (unpaired) electrons. The van der Waals surface area contributed by atoms with E-state index in [1.165, 1.54) is 6.07 Å². The van der Waals surface area contributed by atoms with Gasteiger partial charge in [-0.05, 0) is 30.5 Å². The molecule has 0 aliphatic heterocycles. The van der Waals surface area contributed by atoms with Crippen LogP contribution in [0.5, 0.6) is 5.75 Å². The Morgan fingerprint density at radius 3 is 2.48 bits per heavy atom. The monoisotopic (exact) mass is 377 g/mol. The molecule has 0 unspecified atom stereocenters. The van der Waals surface area contributed by atoms with Gasteiger partial charge in [0, 0.05) is 10.9 Å². The molecule has 1 aromatic rings. The molecule has 0 saturated heterocycles. The molecule has 0 saturated carbocycles. The Morgan fingerprint density at radius 2 is 1.95 bits per heavy atom. The fourth-order valence-corrected chi connectivity index (χ4v) is 3.36. The maximum atomic E-state index is 12.3. The van der Waals surface area contributed by atoms with Crippen LogP contribution in [-0.2, 0) is 14.8 Å². The van der Waals surface area contributed by atoms with Crippen LogP contribution in [0.2, 0.25) is 0 Å². The number of sulfonamides is 1. The number of ether oxygens (including phenoxy) is 1. The van der Waals surface area contributed by atoms with Crippen LogP contribution in [0.4, 0.5) is 0 Å². The first-order chi connectivity index (χ1) is 9.55. The highest BCUT2D eigenvalue weighted by molar-refractivity contribution is 9.10.